The van der Waals surface area contributed by atoms with E-state index in [1.165, 1.54) is 6.42 Å². The molecule has 1 saturated carbocycles. The summed E-state index contributed by atoms with van der Waals surface area (Å²) >= 11 is 0. The smallest absolute Gasteiger partial charge is 0.0545 e. The van der Waals surface area contributed by atoms with Gasteiger partial charge in [0.2, 0.25) is 0 Å². The summed E-state index contributed by atoms with van der Waals surface area (Å²) in [6, 6.07) is 0. The van der Waals surface area contributed by atoms with Crippen LogP contribution < -0.4 is 0 Å². The van der Waals surface area contributed by atoms with Gasteiger partial charge in [-0.1, -0.05) is 34.1 Å². The van der Waals surface area contributed by atoms with Gasteiger partial charge in [-0.25, -0.2) is 0 Å². The van der Waals surface area contributed by atoms with E-state index in [0.29, 0.717) is 11.8 Å². The molecule has 0 radical (unpaired) electrons. The number of hydrogen-bond acceptors (Lipinski definition) is 1. The molecule has 0 aromatic heterocycles. The van der Waals surface area contributed by atoms with E-state index in [4.69, 9.17) is 0 Å². The van der Waals surface area contributed by atoms with Crippen molar-refractivity contribution >= 4 is 0 Å². The fourth-order valence-corrected chi connectivity index (χ4v) is 3.22. The van der Waals surface area contributed by atoms with Crippen LogP contribution in [0.15, 0.2) is 0 Å². The molecule has 3 atom stereocenters. The van der Waals surface area contributed by atoms with E-state index in [1.807, 2.05) is 0 Å². The quantitative estimate of drug-likeness (QED) is 0.699. The molecule has 0 saturated heterocycles. The average Bonchev–Trinajstić information content (AvgIpc) is 2.02. The molecule has 1 fully saturated rings. The molecule has 0 aromatic rings. The van der Waals surface area contributed by atoms with Gasteiger partial charge in [-0.05, 0) is 36.5 Å². The molecule has 0 aromatic carbocycles. The summed E-state index contributed by atoms with van der Waals surface area (Å²) in [5.74, 6) is 3.05. The third-order valence-electron chi connectivity index (χ3n) is 3.90. The first kappa shape index (κ1) is 11.0. The van der Waals surface area contributed by atoms with Crippen molar-refractivity contribution in [2.24, 2.45) is 23.7 Å². The molecule has 1 nitrogen and oxygen atoms in total. The van der Waals surface area contributed by atoms with Gasteiger partial charge < -0.3 is 5.11 Å². The largest absolute Gasteiger partial charge is 0.393 e. The van der Waals surface area contributed by atoms with E-state index in [2.05, 4.69) is 27.7 Å². The summed E-state index contributed by atoms with van der Waals surface area (Å²) < 4.78 is 0. The molecule has 78 valence electrons. The Kier molecular flexibility index (Phi) is 3.78. The molecule has 0 bridgehead atoms. The lowest BCUT2D eigenvalue weighted by Crippen LogP contribution is -2.36. The number of aliphatic hydroxyl groups excluding tert-OH is 1. The molecule has 13 heavy (non-hydrogen) atoms. The highest BCUT2D eigenvalue weighted by Crippen LogP contribution is 2.40. The standard InChI is InChI=1S/C12H24O/c1-5-8(2)12-9(3)6-11(13)7-10(12)4/h8-13H,5-7H2,1-4H3. The summed E-state index contributed by atoms with van der Waals surface area (Å²) in [4.78, 5) is 0. The summed E-state index contributed by atoms with van der Waals surface area (Å²) in [5, 5.41) is 9.62. The van der Waals surface area contributed by atoms with Crippen LogP contribution in [0.3, 0.4) is 0 Å². The van der Waals surface area contributed by atoms with Crippen molar-refractivity contribution in [2.75, 3.05) is 0 Å². The van der Waals surface area contributed by atoms with Crippen molar-refractivity contribution in [3.63, 3.8) is 0 Å². The zero-order chi connectivity index (χ0) is 10.0. The molecule has 1 aliphatic carbocycles. The Bertz CT molecular complexity index is 143. The van der Waals surface area contributed by atoms with E-state index in [0.717, 1.165) is 24.7 Å². The van der Waals surface area contributed by atoms with Gasteiger partial charge in [0.15, 0.2) is 0 Å². The topological polar surface area (TPSA) is 20.2 Å². The van der Waals surface area contributed by atoms with Crippen molar-refractivity contribution in [2.45, 2.75) is 53.1 Å². The first-order valence-corrected chi connectivity index (χ1v) is 5.74. The van der Waals surface area contributed by atoms with Gasteiger partial charge in [0.1, 0.15) is 0 Å². The molecule has 1 rings (SSSR count). The van der Waals surface area contributed by atoms with Gasteiger partial charge in [0, 0.05) is 0 Å². The van der Waals surface area contributed by atoms with Crippen molar-refractivity contribution < 1.29 is 5.11 Å². The second kappa shape index (κ2) is 4.45. The van der Waals surface area contributed by atoms with Crippen LogP contribution in [0, 0.1) is 23.7 Å². The normalized spacial score (nSPS) is 43.2. The summed E-state index contributed by atoms with van der Waals surface area (Å²) in [6.07, 6.45) is 3.26. The van der Waals surface area contributed by atoms with Gasteiger partial charge >= 0.3 is 0 Å². The van der Waals surface area contributed by atoms with Crippen LogP contribution >= 0.6 is 0 Å². The average molecular weight is 184 g/mol. The second-order valence-corrected chi connectivity index (χ2v) is 5.04. The maximum Gasteiger partial charge on any atom is 0.0545 e. The van der Waals surface area contributed by atoms with Crippen LogP contribution in [0.2, 0.25) is 0 Å². The third-order valence-corrected chi connectivity index (χ3v) is 3.90. The minimum Gasteiger partial charge on any atom is -0.393 e. The lowest BCUT2D eigenvalue weighted by Gasteiger charge is -2.40. The van der Waals surface area contributed by atoms with Crippen molar-refractivity contribution in [3.8, 4) is 0 Å². The number of hydrogen-bond donors (Lipinski definition) is 1. The van der Waals surface area contributed by atoms with E-state index < -0.39 is 0 Å². The molecule has 0 heterocycles. The first-order valence-electron chi connectivity index (χ1n) is 5.74. The second-order valence-electron chi connectivity index (χ2n) is 5.04. The molecule has 1 aliphatic rings. The van der Waals surface area contributed by atoms with Gasteiger partial charge in [-0.15, -0.1) is 0 Å². The fraction of sp³-hybridized carbons (Fsp3) is 1.00. The zero-order valence-corrected chi connectivity index (χ0v) is 9.46. The maximum atomic E-state index is 9.62. The summed E-state index contributed by atoms with van der Waals surface area (Å²) in [5.41, 5.74) is 0. The summed E-state index contributed by atoms with van der Waals surface area (Å²) in [7, 11) is 0. The highest BCUT2D eigenvalue weighted by atomic mass is 16.3. The van der Waals surface area contributed by atoms with E-state index in [9.17, 15) is 5.11 Å². The first-order chi connectivity index (χ1) is 6.06. The van der Waals surface area contributed by atoms with Gasteiger partial charge in [0.05, 0.1) is 6.10 Å². The molecule has 0 spiro atoms. The van der Waals surface area contributed by atoms with Crippen LogP contribution in [0.1, 0.15) is 47.0 Å². The SMILES string of the molecule is CCC(C)C1C(C)CC(O)CC1C. The van der Waals surface area contributed by atoms with Gasteiger partial charge in [-0.3, -0.25) is 0 Å². The molecule has 0 aliphatic heterocycles. The Morgan fingerprint density at radius 1 is 1.23 bits per heavy atom. The van der Waals surface area contributed by atoms with Crippen molar-refractivity contribution in [1.29, 1.82) is 0 Å². The monoisotopic (exact) mass is 184 g/mol. The maximum absolute atomic E-state index is 9.62. The predicted octanol–water partition coefficient (Wildman–Crippen LogP) is 3.08. The molecule has 1 heteroatoms. The predicted molar refractivity (Wildman–Crippen MR) is 56.5 cm³/mol. The third kappa shape index (κ3) is 2.46. The van der Waals surface area contributed by atoms with Crippen molar-refractivity contribution in [3.05, 3.63) is 0 Å². The highest BCUT2D eigenvalue weighted by Gasteiger charge is 2.34. The lowest BCUT2D eigenvalue weighted by molar-refractivity contribution is 0.0173. The Labute approximate surface area is 82.5 Å². The minimum atomic E-state index is -0.0368. The van der Waals surface area contributed by atoms with Crippen LogP contribution in [0.5, 0.6) is 0 Å². The molecule has 0 amide bonds. The zero-order valence-electron chi connectivity index (χ0n) is 9.46. The van der Waals surface area contributed by atoms with E-state index in [-0.39, 0.29) is 6.10 Å². The molecular weight excluding hydrogens is 160 g/mol. The van der Waals surface area contributed by atoms with Gasteiger partial charge in [-0.2, -0.15) is 0 Å². The van der Waals surface area contributed by atoms with E-state index >= 15 is 0 Å². The van der Waals surface area contributed by atoms with Crippen LogP contribution in [-0.2, 0) is 0 Å². The van der Waals surface area contributed by atoms with Crippen LogP contribution in [0.4, 0.5) is 0 Å². The fourth-order valence-electron chi connectivity index (χ4n) is 3.22. The summed E-state index contributed by atoms with van der Waals surface area (Å²) in [6.45, 7) is 9.23. The van der Waals surface area contributed by atoms with Gasteiger partial charge in [0.25, 0.3) is 0 Å². The Morgan fingerprint density at radius 2 is 1.69 bits per heavy atom. The number of rotatable bonds is 2. The van der Waals surface area contributed by atoms with Crippen molar-refractivity contribution in [1.82, 2.24) is 0 Å². The Hall–Kier alpha value is -0.0400. The molecule has 3 unspecified atom stereocenters. The van der Waals surface area contributed by atoms with Crippen LogP contribution in [0.25, 0.3) is 0 Å². The molecular formula is C12H24O. The van der Waals surface area contributed by atoms with E-state index in [1.54, 1.807) is 0 Å². The lowest BCUT2D eigenvalue weighted by atomic mass is 9.66. The molecule has 1 N–H and O–H groups in total. The number of aliphatic hydroxyl groups is 1. The highest BCUT2D eigenvalue weighted by molar-refractivity contribution is 4.84. The minimum absolute atomic E-state index is 0.0368. The Morgan fingerprint density at radius 3 is 2.08 bits per heavy atom. The van der Waals surface area contributed by atoms with Crippen LogP contribution in [-0.4, -0.2) is 11.2 Å². The Balaban J connectivity index is 2.61.